The van der Waals surface area contributed by atoms with Crippen LogP contribution in [0.4, 0.5) is 48.2 Å². The summed E-state index contributed by atoms with van der Waals surface area (Å²) in [5, 5.41) is 14.4. The van der Waals surface area contributed by atoms with Crippen LogP contribution in [0.1, 0.15) is 161 Å². The van der Waals surface area contributed by atoms with Gasteiger partial charge in [0.15, 0.2) is 34.7 Å². The SMILES string of the molecule is CC(C)N1CCN(C2C[C@@H]3C(c4cc(-c5cnc(N)c(OC(F)F)c5)nn4C(C)C)[C@@H]3C2)CC1.CC(C)N1CCN(C2C[C@@H]3C(c4cc(-c5cnc(N)c(OC(F)F)c5)nn4C(C)C)[C@@H]3C2)CC1.CC(C)n1nc(-c2cnc(N)c(OC(F)F)c2)cc1C1[C@H]2CC(N3CCOCC(F)C3)C[C@@H]12. The number of hydrogen-bond acceptors (Lipinski definition) is 18. The number of piperazine rings is 2. The van der Waals surface area contributed by atoms with E-state index in [1.165, 1.54) is 114 Å². The molecule has 0 amide bonds. The summed E-state index contributed by atoms with van der Waals surface area (Å²) < 4.78 is 116. The van der Waals surface area contributed by atoms with E-state index in [4.69, 9.17) is 37.2 Å². The molecule has 13 atom stereocenters. The monoisotopic (exact) mass is 1410 g/mol. The van der Waals surface area contributed by atoms with Crippen molar-refractivity contribution >= 4 is 17.5 Å². The first-order valence-electron chi connectivity index (χ1n) is 36.6. The van der Waals surface area contributed by atoms with Crippen molar-refractivity contribution in [3.05, 3.63) is 72.1 Å². The predicted octanol–water partition coefficient (Wildman–Crippen LogP) is 12.3. The van der Waals surface area contributed by atoms with Crippen molar-refractivity contribution in [2.75, 3.05) is 95.9 Å². The number of nitrogens with two attached hydrogens (primary N) is 3. The molecule has 21 nitrogen and oxygen atoms in total. The molecule has 28 heteroatoms. The van der Waals surface area contributed by atoms with Crippen LogP contribution in [0.5, 0.6) is 17.2 Å². The Morgan fingerprint density at radius 3 is 0.980 bits per heavy atom. The number of fused-ring (bicyclic) bond motifs is 3. The van der Waals surface area contributed by atoms with Crippen LogP contribution in [0, 0.1) is 35.5 Å². The molecule has 6 aromatic rings. The highest BCUT2D eigenvalue weighted by atomic mass is 19.3. The lowest BCUT2D eigenvalue weighted by molar-refractivity contribution is -0.0501. The topological polar surface area (TPSA) is 223 Å². The summed E-state index contributed by atoms with van der Waals surface area (Å²) in [5.74, 6) is 4.83. The fourth-order valence-corrected chi connectivity index (χ4v) is 18.0. The maximum atomic E-state index is 14.0. The molecule has 0 radical (unpaired) electrons. The maximum Gasteiger partial charge on any atom is 0.387 e. The summed E-state index contributed by atoms with van der Waals surface area (Å²) in [5.41, 5.74) is 24.7. The molecule has 101 heavy (non-hydrogen) atoms. The van der Waals surface area contributed by atoms with Crippen LogP contribution in [-0.4, -0.2) is 204 Å². The fraction of sp³-hybridized carbons (Fsp3) is 0.671. The molecule has 6 aliphatic carbocycles. The zero-order valence-corrected chi connectivity index (χ0v) is 59.8. The molecular weight excluding hydrogens is 1310 g/mol. The van der Waals surface area contributed by atoms with Crippen molar-refractivity contribution < 1.29 is 49.7 Å². The van der Waals surface area contributed by atoms with Gasteiger partial charge < -0.3 is 36.1 Å². The maximum absolute atomic E-state index is 14.0. The molecule has 6 saturated carbocycles. The van der Waals surface area contributed by atoms with Crippen LogP contribution in [0.25, 0.3) is 33.8 Å². The Morgan fingerprint density at radius 1 is 0.406 bits per heavy atom. The van der Waals surface area contributed by atoms with Gasteiger partial charge in [0.25, 0.3) is 0 Å². The van der Waals surface area contributed by atoms with E-state index in [2.05, 4.69) is 144 Å². The highest BCUT2D eigenvalue weighted by Gasteiger charge is 2.61. The van der Waals surface area contributed by atoms with Crippen molar-refractivity contribution in [1.29, 1.82) is 0 Å². The lowest BCUT2D eigenvalue weighted by Gasteiger charge is -2.40. The summed E-state index contributed by atoms with van der Waals surface area (Å²) in [4.78, 5) is 24.9. The second-order valence-corrected chi connectivity index (χ2v) is 30.9. The molecule has 9 aliphatic rings. The Balaban J connectivity index is 0.000000135. The number of alkyl halides is 7. The second kappa shape index (κ2) is 30.1. The Morgan fingerprint density at radius 2 is 0.703 bits per heavy atom. The van der Waals surface area contributed by atoms with Crippen LogP contribution < -0.4 is 31.4 Å². The van der Waals surface area contributed by atoms with Crippen molar-refractivity contribution in [2.24, 2.45) is 35.5 Å². The second-order valence-electron chi connectivity index (χ2n) is 30.9. The minimum atomic E-state index is -2.98. The molecule has 15 rings (SSSR count). The first-order valence-corrected chi connectivity index (χ1v) is 36.6. The third kappa shape index (κ3) is 15.8. The van der Waals surface area contributed by atoms with Gasteiger partial charge >= 0.3 is 19.8 Å². The van der Waals surface area contributed by atoms with E-state index in [1.807, 2.05) is 10.7 Å². The summed E-state index contributed by atoms with van der Waals surface area (Å²) in [7, 11) is 0. The number of nitrogens with zero attached hydrogens (tertiary/aromatic N) is 14. The van der Waals surface area contributed by atoms with Crippen LogP contribution >= 0.6 is 0 Å². The molecule has 3 aliphatic heterocycles. The van der Waals surface area contributed by atoms with E-state index >= 15 is 0 Å². The molecule has 7 unspecified atom stereocenters. The molecule has 6 aromatic heterocycles. The Labute approximate surface area is 587 Å². The van der Waals surface area contributed by atoms with Crippen molar-refractivity contribution in [1.82, 2.24) is 68.8 Å². The van der Waals surface area contributed by atoms with E-state index in [0.29, 0.717) is 119 Å². The molecule has 3 saturated heterocycles. The van der Waals surface area contributed by atoms with Crippen LogP contribution in [0.3, 0.4) is 0 Å². The molecule has 0 bridgehead atoms. The number of hydrogen-bond donors (Lipinski definition) is 3. The van der Waals surface area contributed by atoms with Crippen LogP contribution in [-0.2, 0) is 4.74 Å². The van der Waals surface area contributed by atoms with Crippen molar-refractivity contribution in [3.63, 3.8) is 0 Å². The number of pyridine rings is 3. The first-order chi connectivity index (χ1) is 48.3. The molecule has 6 N–H and O–H groups in total. The third-order valence-electron chi connectivity index (χ3n) is 23.2. The van der Waals surface area contributed by atoms with Gasteiger partial charge in [0, 0.05) is 184 Å². The number of nitrogen functional groups attached to an aromatic ring is 3. The molecule has 9 fully saturated rings. The van der Waals surface area contributed by atoms with Gasteiger partial charge in [0.1, 0.15) is 6.17 Å². The molecule has 9 heterocycles. The fourth-order valence-electron chi connectivity index (χ4n) is 18.0. The minimum absolute atomic E-state index is 0.0513. The molecule has 0 spiro atoms. The van der Waals surface area contributed by atoms with E-state index in [9.17, 15) is 30.7 Å². The largest absolute Gasteiger partial charge is 0.431 e. The molecule has 552 valence electrons. The average Bonchev–Trinajstić information content (AvgIpc) is 1.57. The van der Waals surface area contributed by atoms with Crippen molar-refractivity contribution in [2.45, 2.75) is 200 Å². The van der Waals surface area contributed by atoms with E-state index < -0.39 is 26.0 Å². The minimum Gasteiger partial charge on any atom is -0.431 e. The van der Waals surface area contributed by atoms with E-state index in [0.717, 1.165) is 36.5 Å². The van der Waals surface area contributed by atoms with E-state index in [1.54, 1.807) is 12.4 Å². The summed E-state index contributed by atoms with van der Waals surface area (Å²) in [6.45, 7) is 24.3. The predicted molar refractivity (Wildman–Crippen MR) is 373 cm³/mol. The van der Waals surface area contributed by atoms with Gasteiger partial charge in [-0.3, -0.25) is 38.5 Å². The molecule has 0 aromatic carbocycles. The van der Waals surface area contributed by atoms with Gasteiger partial charge in [-0.25, -0.2) is 19.3 Å². The summed E-state index contributed by atoms with van der Waals surface area (Å²) >= 11 is 0. The third-order valence-corrected chi connectivity index (χ3v) is 23.2. The van der Waals surface area contributed by atoms with Gasteiger partial charge in [-0.2, -0.15) is 41.6 Å². The van der Waals surface area contributed by atoms with Gasteiger partial charge in [-0.1, -0.05) is 0 Å². The highest BCUT2D eigenvalue weighted by molar-refractivity contribution is 5.67. The average molecular weight is 1410 g/mol. The standard InChI is InChI=1S/2C25H36F2N6O.C23H30F3N5O2/c2*1-14(2)31-5-7-32(8-6-31)17-10-18-19(11-17)23(18)21-12-20(30-33(21)15(3)4)16-9-22(34-25(26)27)24(28)29-13-16;1-12(2)31-19(8-18(29-31)13-5-20(33-23(25)26)22(27)28-9-13)21-16-6-15(7-17(16)21)30-3-4-32-11-14(24)10-30/h2*9,12-15,17-19,23,25H,5-8,10-11H2,1-4H3,(H2,28,29);5,8-9,12,14-17,21,23H,3-4,6-7,10-11H2,1-2H3,(H2,27,28)/t2*17?,18-,19+,23?;14?,15?,16-,17+,21?. The lowest BCUT2D eigenvalue weighted by atomic mass is 10.0. The molecular formula is C73H102F7N17O4. The van der Waals surface area contributed by atoms with Gasteiger partial charge in [-0.05, 0) is 180 Å². The number of aromatic nitrogens is 9. The summed E-state index contributed by atoms with van der Waals surface area (Å²) in [6.07, 6.45) is 10.9. The van der Waals surface area contributed by atoms with E-state index in [-0.39, 0.29) is 59.4 Å². The quantitative estimate of drug-likeness (QED) is 0.0604. The zero-order valence-electron chi connectivity index (χ0n) is 59.8. The normalized spacial score (nSPS) is 28.4. The highest BCUT2D eigenvalue weighted by Crippen LogP contribution is 2.67. The Hall–Kier alpha value is -6.85. The smallest absolute Gasteiger partial charge is 0.387 e. The Bertz CT molecular complexity index is 3600. The van der Waals surface area contributed by atoms with Crippen LogP contribution in [0.15, 0.2) is 55.0 Å². The van der Waals surface area contributed by atoms with Gasteiger partial charge in [0.05, 0.1) is 30.3 Å². The zero-order chi connectivity index (χ0) is 71.6. The number of anilines is 3. The van der Waals surface area contributed by atoms with Gasteiger partial charge in [0.2, 0.25) is 0 Å². The first kappa shape index (κ1) is 72.5. The van der Waals surface area contributed by atoms with Gasteiger partial charge in [-0.15, -0.1) is 0 Å². The lowest BCUT2D eigenvalue weighted by Crippen LogP contribution is -2.51. The van der Waals surface area contributed by atoms with Crippen LogP contribution in [0.2, 0.25) is 0 Å². The Kier molecular flexibility index (Phi) is 21.6. The number of ether oxygens (including phenoxy) is 4. The number of rotatable bonds is 20. The summed E-state index contributed by atoms with van der Waals surface area (Å²) in [6, 6.07) is 14.4. The number of halogens is 7. The van der Waals surface area contributed by atoms with Crippen molar-refractivity contribution in [3.8, 4) is 51.0 Å².